The van der Waals surface area contributed by atoms with Crippen LogP contribution in [0.2, 0.25) is 0 Å². The van der Waals surface area contributed by atoms with Crippen LogP contribution in [-0.4, -0.2) is 129 Å². The zero-order chi connectivity index (χ0) is 39.8. The second-order valence-corrected chi connectivity index (χ2v) is 16.0. The summed E-state index contributed by atoms with van der Waals surface area (Å²) in [5.74, 6) is -3.99. The van der Waals surface area contributed by atoms with Crippen molar-refractivity contribution in [1.82, 2.24) is 10.2 Å². The Labute approximate surface area is 314 Å². The van der Waals surface area contributed by atoms with E-state index in [0.717, 1.165) is 5.56 Å². The zero-order valence-corrected chi connectivity index (χ0v) is 32.8. The Kier molecular flexibility index (Phi) is 16.2. The third kappa shape index (κ3) is 11.9. The van der Waals surface area contributed by atoms with Crippen LogP contribution in [0.1, 0.15) is 86.6 Å². The van der Waals surface area contributed by atoms with E-state index in [9.17, 15) is 39.9 Å². The third-order valence-corrected chi connectivity index (χ3v) is 11.1. The molecule has 1 aromatic carbocycles. The van der Waals surface area contributed by atoms with Crippen LogP contribution in [0.15, 0.2) is 30.3 Å². The molecule has 0 saturated carbocycles. The fourth-order valence-electron chi connectivity index (χ4n) is 7.86. The van der Waals surface area contributed by atoms with Gasteiger partial charge in [-0.2, -0.15) is 0 Å². The minimum absolute atomic E-state index is 0.0488. The second-order valence-electron chi connectivity index (χ2n) is 16.0. The minimum atomic E-state index is -1.81. The lowest BCUT2D eigenvalue weighted by atomic mass is 9.78. The molecule has 53 heavy (non-hydrogen) atoms. The number of amides is 1. The summed E-state index contributed by atoms with van der Waals surface area (Å²) in [4.78, 5) is 40.5. The third-order valence-electron chi connectivity index (χ3n) is 11.1. The molecular weight excluding hydrogens is 688 g/mol. The van der Waals surface area contributed by atoms with Crippen LogP contribution in [0.25, 0.3) is 0 Å². The fraction of sp³-hybridized carbons (Fsp3) is 0.769. The number of ketones is 1. The molecule has 0 radical (unpaired) electrons. The number of aliphatic hydroxyl groups is 5. The van der Waals surface area contributed by atoms with Crippen LogP contribution >= 0.6 is 0 Å². The summed E-state index contributed by atoms with van der Waals surface area (Å²) < 4.78 is 23.4. The average molecular weight is 753 g/mol. The molecule has 14 heteroatoms. The Morgan fingerprint density at radius 1 is 1.02 bits per heavy atom. The number of alkyl carbamates (subject to hydrolysis) is 1. The zero-order valence-electron chi connectivity index (χ0n) is 32.8. The summed E-state index contributed by atoms with van der Waals surface area (Å²) in [6, 6.07) is 8.55. The monoisotopic (exact) mass is 752 g/mol. The first-order valence-electron chi connectivity index (χ1n) is 18.9. The number of nitrogens with zero attached hydrogens (tertiary/aromatic N) is 1. The largest absolute Gasteiger partial charge is 0.459 e. The molecule has 2 aliphatic rings. The van der Waals surface area contributed by atoms with E-state index in [1.165, 1.54) is 13.8 Å². The number of esters is 1. The number of benzene rings is 1. The van der Waals surface area contributed by atoms with Crippen molar-refractivity contribution in [2.24, 2.45) is 23.7 Å². The van der Waals surface area contributed by atoms with Gasteiger partial charge in [-0.25, -0.2) is 4.79 Å². The highest BCUT2D eigenvalue weighted by Gasteiger charge is 2.49. The van der Waals surface area contributed by atoms with E-state index in [1.807, 2.05) is 42.2 Å². The van der Waals surface area contributed by atoms with Gasteiger partial charge < -0.3 is 54.7 Å². The predicted octanol–water partition coefficient (Wildman–Crippen LogP) is 2.55. The van der Waals surface area contributed by atoms with Crippen molar-refractivity contribution >= 4 is 17.8 Å². The van der Waals surface area contributed by atoms with Gasteiger partial charge in [-0.3, -0.25) is 9.59 Å². The normalized spacial score (nSPS) is 39.6. The lowest BCUT2D eigenvalue weighted by Gasteiger charge is -2.45. The summed E-state index contributed by atoms with van der Waals surface area (Å²) in [6.07, 6.45) is -8.18. The van der Waals surface area contributed by atoms with Crippen LogP contribution in [0.3, 0.4) is 0 Å². The summed E-state index contributed by atoms with van der Waals surface area (Å²) in [5.41, 5.74) is -2.64. The highest BCUT2D eigenvalue weighted by Crippen LogP contribution is 2.37. The smallest absolute Gasteiger partial charge is 0.407 e. The molecule has 6 N–H and O–H groups in total. The van der Waals surface area contributed by atoms with E-state index in [0.29, 0.717) is 13.0 Å². The van der Waals surface area contributed by atoms with E-state index in [4.69, 9.17) is 18.9 Å². The van der Waals surface area contributed by atoms with Gasteiger partial charge in [-0.15, -0.1) is 0 Å². The molecule has 2 saturated heterocycles. The summed E-state index contributed by atoms with van der Waals surface area (Å²) >= 11 is 0. The van der Waals surface area contributed by atoms with Crippen LogP contribution < -0.4 is 5.32 Å². The first-order chi connectivity index (χ1) is 24.7. The number of hydrogen-bond donors (Lipinski definition) is 6. The van der Waals surface area contributed by atoms with Crippen LogP contribution in [0.5, 0.6) is 0 Å². The maximum absolute atomic E-state index is 13.4. The Balaban J connectivity index is 1.80. The lowest BCUT2D eigenvalue weighted by Crippen LogP contribution is -2.59. The van der Waals surface area contributed by atoms with E-state index >= 15 is 0 Å². The van der Waals surface area contributed by atoms with Gasteiger partial charge in [-0.1, -0.05) is 51.1 Å². The number of rotatable bonds is 9. The predicted molar refractivity (Wildman–Crippen MR) is 195 cm³/mol. The van der Waals surface area contributed by atoms with Gasteiger partial charge in [0.2, 0.25) is 0 Å². The first kappa shape index (κ1) is 44.7. The van der Waals surface area contributed by atoms with Gasteiger partial charge in [-0.05, 0) is 78.3 Å². The Bertz CT molecular complexity index is 1330. The number of likely N-dealkylation sites (N-methyl/N-ethyl adjacent to an activating group) is 1. The number of nitrogens with one attached hydrogen (secondary N) is 1. The summed E-state index contributed by atoms with van der Waals surface area (Å²) in [5, 5.41) is 60.3. The Hall–Kier alpha value is -2.69. The molecule has 0 aromatic heterocycles. The fourth-order valence-corrected chi connectivity index (χ4v) is 7.86. The van der Waals surface area contributed by atoms with Crippen molar-refractivity contribution in [3.05, 3.63) is 35.9 Å². The second kappa shape index (κ2) is 19.3. The number of Topliss-reactive ketones (excluding diaryl/α,β-unsaturated/α-hetero) is 1. The standard InChI is InChI=1S/C39H64N2O12/c1-10-30-39(8,49)33(45)26(6)41(9)20-22(2)18-38(7,48)34(24(4)31(43)25(5)35(46)52-30)53-36-32(44)28(16-23(3)51-36)17-29(42)19-40-37(47)50-21-27-14-12-11-13-15-27/h11-15,22-26,28,30-34,36,43-45,48-49H,10,16-21H2,1-9H3,(H,40,47)/t22-,23-,24+,25-,26-,28-,30-,31+,32-,33-,34-,36+,38-,39-/m1/s1. The van der Waals surface area contributed by atoms with E-state index < -0.39 is 90.0 Å². The van der Waals surface area contributed by atoms with E-state index in [-0.39, 0.29) is 44.1 Å². The average Bonchev–Trinajstić information content (AvgIpc) is 3.10. The number of carbonyl (C=O) groups is 3. The van der Waals surface area contributed by atoms with Crippen molar-refractivity contribution in [1.29, 1.82) is 0 Å². The highest BCUT2D eigenvalue weighted by molar-refractivity contribution is 5.84. The molecular formula is C39H64N2O12. The van der Waals surface area contributed by atoms with Gasteiger partial charge in [0.1, 0.15) is 30.5 Å². The number of carbonyl (C=O) groups excluding carboxylic acids is 3. The molecule has 1 amide bonds. The van der Waals surface area contributed by atoms with Crippen LogP contribution in [-0.2, 0) is 35.1 Å². The van der Waals surface area contributed by atoms with Crippen LogP contribution in [0.4, 0.5) is 4.79 Å². The number of ether oxygens (including phenoxy) is 4. The molecule has 0 bridgehead atoms. The van der Waals surface area contributed by atoms with Crippen molar-refractivity contribution in [2.75, 3.05) is 20.1 Å². The lowest BCUT2D eigenvalue weighted by molar-refractivity contribution is -0.299. The minimum Gasteiger partial charge on any atom is -0.459 e. The topological polar surface area (TPSA) is 205 Å². The highest BCUT2D eigenvalue weighted by atomic mass is 16.7. The number of hydrogen-bond acceptors (Lipinski definition) is 13. The van der Waals surface area contributed by atoms with E-state index in [2.05, 4.69) is 5.32 Å². The van der Waals surface area contributed by atoms with Gasteiger partial charge >= 0.3 is 12.1 Å². The Morgan fingerprint density at radius 2 is 1.66 bits per heavy atom. The molecule has 3 rings (SSSR count). The summed E-state index contributed by atoms with van der Waals surface area (Å²) in [7, 11) is 1.79. The van der Waals surface area contributed by atoms with Crippen molar-refractivity contribution in [3.8, 4) is 0 Å². The Morgan fingerprint density at radius 3 is 2.28 bits per heavy atom. The SMILES string of the molecule is CC[C@H]1OC(=O)[C@H](C)[C@@H](O)[C@H](C)[C@@H](O[C@@H]2O[C@H](C)C[C@H](CC(=O)CNC(=O)OCc3ccccc3)[C@H]2O)[C@](C)(O)C[C@@H](C)CN(C)[C@H](C)[C@@H](O)[C@]1(C)O. The molecule has 2 heterocycles. The number of aliphatic hydroxyl groups excluding tert-OH is 3. The molecule has 14 nitrogen and oxygen atoms in total. The first-order valence-corrected chi connectivity index (χ1v) is 18.9. The van der Waals surface area contributed by atoms with Crippen LogP contribution in [0, 0.1) is 23.7 Å². The van der Waals surface area contributed by atoms with Crippen molar-refractivity contribution < 1.29 is 58.9 Å². The molecule has 0 unspecified atom stereocenters. The number of cyclic esters (lactones) is 1. The maximum atomic E-state index is 13.4. The molecule has 2 fully saturated rings. The summed E-state index contributed by atoms with van der Waals surface area (Å²) in [6.45, 7) is 13.4. The molecule has 0 spiro atoms. The quantitative estimate of drug-likeness (QED) is 0.201. The molecule has 1 aromatic rings. The van der Waals surface area contributed by atoms with Gasteiger partial charge in [0.15, 0.2) is 12.1 Å². The van der Waals surface area contributed by atoms with Gasteiger partial charge in [0, 0.05) is 24.9 Å². The molecule has 302 valence electrons. The van der Waals surface area contributed by atoms with Crippen molar-refractivity contribution in [2.45, 2.75) is 148 Å². The molecule has 0 aliphatic carbocycles. The molecule has 14 atom stereocenters. The van der Waals surface area contributed by atoms with Crippen molar-refractivity contribution in [3.63, 3.8) is 0 Å². The molecule has 2 aliphatic heterocycles. The van der Waals surface area contributed by atoms with Gasteiger partial charge in [0.05, 0.1) is 36.4 Å². The van der Waals surface area contributed by atoms with Gasteiger partial charge in [0.25, 0.3) is 0 Å². The van der Waals surface area contributed by atoms with E-state index in [1.54, 1.807) is 41.7 Å². The maximum Gasteiger partial charge on any atom is 0.407 e.